The third-order valence-corrected chi connectivity index (χ3v) is 21.7. The van der Waals surface area contributed by atoms with Crippen LogP contribution in [-0.2, 0) is 24.0 Å². The maximum Gasteiger partial charge on any atom is 0.274 e. The van der Waals surface area contributed by atoms with E-state index in [-0.39, 0.29) is 47.7 Å². The van der Waals surface area contributed by atoms with E-state index in [1.807, 2.05) is 120 Å². The lowest BCUT2D eigenvalue weighted by atomic mass is 10.0. The molecular weight excluding hydrogens is 1540 g/mol. The highest BCUT2D eigenvalue weighted by atomic mass is 35.5. The van der Waals surface area contributed by atoms with Gasteiger partial charge in [0.2, 0.25) is 0 Å². The fraction of sp³-hybridized carbons (Fsp3) is 0.241. The molecule has 3 N–H and O–H groups in total. The molecule has 0 spiro atoms. The van der Waals surface area contributed by atoms with Gasteiger partial charge in [-0.25, -0.2) is 22.8 Å². The normalized spacial score (nSPS) is 15.8. The Balaban J connectivity index is 0.000000145. The summed E-state index contributed by atoms with van der Waals surface area (Å²) in [7, 11) is 0. The van der Waals surface area contributed by atoms with Gasteiger partial charge in [0.05, 0.1) is 81.1 Å². The average Bonchev–Trinajstić information content (AvgIpc) is 1.62. The first-order valence-corrected chi connectivity index (χ1v) is 39.4. The van der Waals surface area contributed by atoms with Gasteiger partial charge in [-0.2, -0.15) is 15.3 Å². The topological polar surface area (TPSA) is 161 Å². The number of morpholine rings is 1. The van der Waals surface area contributed by atoms with Crippen molar-refractivity contribution in [2.45, 2.75) is 102 Å². The van der Waals surface area contributed by atoms with Crippen LogP contribution in [0.15, 0.2) is 188 Å². The average molecular weight is 1620 g/mol. The van der Waals surface area contributed by atoms with E-state index in [1.165, 1.54) is 24.3 Å². The minimum absolute atomic E-state index is 0.0656. The van der Waals surface area contributed by atoms with Crippen LogP contribution in [0.1, 0.15) is 176 Å². The molecule has 3 aromatic heterocycles. The second-order valence-electron chi connectivity index (χ2n) is 27.2. The van der Waals surface area contributed by atoms with Crippen molar-refractivity contribution < 1.29 is 33.0 Å². The van der Waals surface area contributed by atoms with Crippen molar-refractivity contribution >= 4 is 134 Å². The minimum Gasteiger partial charge on any atom is -0.394 e. The van der Waals surface area contributed by atoms with Crippen LogP contribution in [-0.4, -0.2) is 90.0 Å². The van der Waals surface area contributed by atoms with Gasteiger partial charge in [0, 0.05) is 49.9 Å². The summed E-state index contributed by atoms with van der Waals surface area (Å²) in [4.78, 5) is 42.8. The quantitative estimate of drug-likeness (QED) is 0.0855. The van der Waals surface area contributed by atoms with Crippen LogP contribution in [0, 0.1) is 11.6 Å². The van der Waals surface area contributed by atoms with Crippen LogP contribution in [0.4, 0.5) is 8.78 Å². The Morgan fingerprint density at radius 1 is 0.445 bits per heavy atom. The van der Waals surface area contributed by atoms with Crippen LogP contribution in [0.2, 0.25) is 35.2 Å². The minimum atomic E-state index is -0.580. The van der Waals surface area contributed by atoms with E-state index in [0.29, 0.717) is 103 Å². The van der Waals surface area contributed by atoms with Crippen LogP contribution in [0.25, 0.3) is 52.0 Å². The molecule has 4 aliphatic rings. The van der Waals surface area contributed by atoms with Crippen molar-refractivity contribution in [3.63, 3.8) is 0 Å². The van der Waals surface area contributed by atoms with Crippen LogP contribution in [0.5, 0.6) is 0 Å². The van der Waals surface area contributed by atoms with E-state index >= 15 is 0 Å². The first kappa shape index (κ1) is 78.9. The van der Waals surface area contributed by atoms with Crippen molar-refractivity contribution in [2.75, 3.05) is 32.9 Å². The highest BCUT2D eigenvalue weighted by Crippen LogP contribution is 2.42. The standard InChI is InChI=1S/C31H28Cl2FN3O.C30H26Cl2FN3O2.C26H24Cl3N3O2/c1-2-27(21-8-4-3-5-9-21)35-31(38)29-25-11-7-6-10-22(18-20-12-15-24(34)16-13-20)30(25)37(36-29)28-17-14-23(32)19-26(28)33;31-22-12-15-27(25(32)17-22)36-29-21(16-19-10-13-23(33)14-11-19)8-4-5-9-24(29)28(35-36)30(38)34-26(18-37)20-6-2-1-3-7-20;27-19-7-5-17(6-8-19)15-18-3-1-2-4-21-24(26(33)31-11-13-34-14-12-31)30-32(25(18)21)23-16-20(28)9-10-22(23)29/h3-5,8-9,12-19,27H,2,6-7,10-11H2,1H3,(H,35,38);1-3,6-7,10-17,26,37H,4-5,8-9,18H2,(H,34,38);5-10,15-16H,1-4,11-14H2/b22-18+;21-16+;18-15+/t27-;;/m1../s1. The van der Waals surface area contributed by atoms with Crippen LogP contribution in [0.3, 0.4) is 0 Å². The Kier molecular flexibility index (Phi) is 26.4. The Morgan fingerprint density at radius 3 is 1.25 bits per heavy atom. The summed E-state index contributed by atoms with van der Waals surface area (Å²) in [5.74, 6) is -1.25. The summed E-state index contributed by atoms with van der Waals surface area (Å²) in [6, 6.07) is 54.7. The van der Waals surface area contributed by atoms with E-state index < -0.39 is 6.04 Å². The van der Waals surface area contributed by atoms with Crippen molar-refractivity contribution in [3.8, 4) is 17.1 Å². The van der Waals surface area contributed by atoms with Gasteiger partial charge in [0.15, 0.2) is 17.1 Å². The zero-order chi connectivity index (χ0) is 77.0. The van der Waals surface area contributed by atoms with E-state index in [0.717, 1.165) is 149 Å². The van der Waals surface area contributed by atoms with Gasteiger partial charge in [-0.3, -0.25) is 14.4 Å². The molecule has 2 atom stereocenters. The highest BCUT2D eigenvalue weighted by Gasteiger charge is 2.34. The number of hydrogen-bond acceptors (Lipinski definition) is 8. The Bertz CT molecular complexity index is 5010. The number of carbonyl (C=O) groups excluding carboxylic acids is 3. The number of aromatic nitrogens is 6. The number of aliphatic hydroxyl groups is 1. The zero-order valence-corrected chi connectivity index (χ0v) is 65.4. The second kappa shape index (κ2) is 36.8. The second-order valence-corrected chi connectivity index (χ2v) is 30.2. The molecule has 8 aromatic carbocycles. The third-order valence-electron chi connectivity index (χ3n) is 19.8. The number of rotatable bonds is 15. The van der Waals surface area contributed by atoms with Gasteiger partial charge in [-0.05, 0) is 237 Å². The largest absolute Gasteiger partial charge is 0.394 e. The Labute approximate surface area is 672 Å². The molecule has 23 heteroatoms. The van der Waals surface area contributed by atoms with Gasteiger partial charge < -0.3 is 25.4 Å². The third kappa shape index (κ3) is 18.7. The molecule has 1 unspecified atom stereocenters. The fourth-order valence-corrected chi connectivity index (χ4v) is 15.8. The molecule has 3 aliphatic carbocycles. The van der Waals surface area contributed by atoms with Crippen molar-refractivity contribution in [2.24, 2.45) is 0 Å². The smallest absolute Gasteiger partial charge is 0.274 e. The summed E-state index contributed by atoms with van der Waals surface area (Å²) >= 11 is 44.7. The number of nitrogens with zero attached hydrogens (tertiary/aromatic N) is 7. The SMILES string of the molecule is CC[C@@H](NC(=O)c1nn(-c2ccc(Cl)cc2Cl)c2c1CCCC/C2=C\c1ccc(F)cc1)c1ccccc1.O=C(NC(CO)c1ccccc1)c1nn(-c2ccc(Cl)cc2Cl)c2c1CCCC/C2=C\c1ccc(F)cc1.O=C(c1nn(-c2cc(Cl)ccc2Cl)c2c1CCCC/C2=C\c1ccc(Cl)cc1)N1CCOCC1. The lowest BCUT2D eigenvalue weighted by Crippen LogP contribution is -2.41. The predicted octanol–water partition coefficient (Wildman–Crippen LogP) is 22.1. The van der Waals surface area contributed by atoms with Crippen molar-refractivity contribution in [1.82, 2.24) is 44.9 Å². The molecule has 1 saturated heterocycles. The number of hydrogen-bond donors (Lipinski definition) is 3. The first-order chi connectivity index (χ1) is 53.4. The number of benzene rings is 8. The summed E-state index contributed by atoms with van der Waals surface area (Å²) in [5, 5.41) is 34.3. The number of allylic oxidation sites excluding steroid dienone is 3. The van der Waals surface area contributed by atoms with E-state index in [4.69, 9.17) is 101 Å². The first-order valence-electron chi connectivity index (χ1n) is 36.7. The maximum absolute atomic E-state index is 13.8. The van der Waals surface area contributed by atoms with E-state index in [1.54, 1.807) is 82.2 Å². The molecule has 14 nitrogen and oxygen atoms in total. The van der Waals surface area contributed by atoms with Gasteiger partial charge >= 0.3 is 0 Å². The number of ether oxygens (including phenoxy) is 1. The summed E-state index contributed by atoms with van der Waals surface area (Å²) < 4.78 is 37.9. The van der Waals surface area contributed by atoms with Gasteiger partial charge in [0.25, 0.3) is 17.7 Å². The predicted molar refractivity (Wildman–Crippen MR) is 439 cm³/mol. The van der Waals surface area contributed by atoms with Gasteiger partial charge in [-0.1, -0.05) is 185 Å². The van der Waals surface area contributed by atoms with Crippen molar-refractivity contribution in [1.29, 1.82) is 0 Å². The molecule has 1 aliphatic heterocycles. The Morgan fingerprint density at radius 2 is 0.818 bits per heavy atom. The zero-order valence-electron chi connectivity index (χ0n) is 60.1. The molecule has 15 rings (SSSR count). The lowest BCUT2D eigenvalue weighted by molar-refractivity contribution is 0.0298. The molecular formula is C87H78Cl7F2N9O5. The fourth-order valence-electron chi connectivity index (χ4n) is 14.4. The van der Waals surface area contributed by atoms with Crippen molar-refractivity contribution in [3.05, 3.63) is 314 Å². The lowest BCUT2D eigenvalue weighted by Gasteiger charge is -2.26. The van der Waals surface area contributed by atoms with E-state index in [9.17, 15) is 28.3 Å². The van der Waals surface area contributed by atoms with Crippen LogP contribution < -0.4 is 10.6 Å². The Hall–Kier alpha value is -9.17. The maximum atomic E-state index is 13.8. The van der Waals surface area contributed by atoms with E-state index in [2.05, 4.69) is 16.7 Å². The number of carbonyl (C=O) groups is 3. The molecule has 0 saturated carbocycles. The molecule has 1 fully saturated rings. The summed E-state index contributed by atoms with van der Waals surface area (Å²) in [5.41, 5.74) is 16.0. The monoisotopic (exact) mass is 1610 g/mol. The summed E-state index contributed by atoms with van der Waals surface area (Å²) in [6.45, 7) is 4.00. The number of nitrogens with one attached hydrogen (secondary N) is 2. The molecule has 564 valence electrons. The highest BCUT2D eigenvalue weighted by molar-refractivity contribution is 6.37. The van der Waals surface area contributed by atoms with Gasteiger partial charge in [-0.15, -0.1) is 0 Å². The molecule has 110 heavy (non-hydrogen) atoms. The number of halogens is 9. The number of aliphatic hydroxyl groups excluding tert-OH is 1. The molecule has 4 heterocycles. The molecule has 0 bridgehead atoms. The van der Waals surface area contributed by atoms with Crippen LogP contribution >= 0.6 is 81.2 Å². The van der Waals surface area contributed by atoms with Gasteiger partial charge in [0.1, 0.15) is 11.6 Å². The number of amides is 3. The molecule has 3 amide bonds. The molecule has 0 radical (unpaired) electrons. The number of fused-ring (bicyclic) bond motifs is 3. The molecule has 11 aromatic rings. The summed E-state index contributed by atoms with van der Waals surface area (Å²) in [6.07, 6.45) is 17.2.